The molecule has 0 spiro atoms. The molecular weight excluding hydrogens is 482 g/mol. The maximum atomic E-state index is 13.0. The minimum atomic E-state index is -3.72. The van der Waals surface area contributed by atoms with Gasteiger partial charge < -0.3 is 9.30 Å². The molecule has 0 unspecified atom stereocenters. The van der Waals surface area contributed by atoms with Crippen molar-refractivity contribution in [2.24, 2.45) is 4.99 Å². The first kappa shape index (κ1) is 24.4. The number of hydrogen-bond donors (Lipinski definition) is 0. The lowest BCUT2D eigenvalue weighted by atomic mass is 10.2. The van der Waals surface area contributed by atoms with Crippen molar-refractivity contribution in [1.29, 1.82) is 0 Å². The molecule has 7 nitrogen and oxygen atoms in total. The van der Waals surface area contributed by atoms with E-state index < -0.39 is 15.9 Å². The Bertz CT molecular complexity index is 1580. The molecule has 1 aromatic heterocycles. The quantitative estimate of drug-likeness (QED) is 0.357. The van der Waals surface area contributed by atoms with Crippen molar-refractivity contribution < 1.29 is 17.9 Å². The summed E-state index contributed by atoms with van der Waals surface area (Å²) in [7, 11) is -0.629. The number of benzene rings is 3. The Kier molecular flexibility index (Phi) is 7.17. The van der Waals surface area contributed by atoms with E-state index in [4.69, 9.17) is 11.2 Å². The summed E-state index contributed by atoms with van der Waals surface area (Å²) in [5.41, 5.74) is 1.92. The number of para-hydroxylation sites is 1. The Morgan fingerprint density at radius 2 is 1.80 bits per heavy atom. The highest BCUT2D eigenvalue weighted by Gasteiger charge is 2.21. The predicted octanol–water partition coefficient (Wildman–Crippen LogP) is 3.91. The molecule has 178 valence electrons. The number of methoxy groups -OCH3 is 1. The Morgan fingerprint density at radius 1 is 1.09 bits per heavy atom. The summed E-state index contributed by atoms with van der Waals surface area (Å²) in [4.78, 5) is 17.7. The maximum Gasteiger partial charge on any atom is 0.279 e. The number of hydrogen-bond acceptors (Lipinski definition) is 5. The molecule has 0 atom stereocenters. The van der Waals surface area contributed by atoms with Crippen LogP contribution in [0.2, 0.25) is 0 Å². The van der Waals surface area contributed by atoms with E-state index in [0.717, 1.165) is 15.8 Å². The molecule has 0 saturated heterocycles. The number of carbonyl (C=O) groups is 1. The fourth-order valence-corrected chi connectivity index (χ4v) is 5.82. The summed E-state index contributed by atoms with van der Waals surface area (Å²) in [5, 5.41) is 0. The van der Waals surface area contributed by atoms with Crippen LogP contribution in [0.3, 0.4) is 0 Å². The second kappa shape index (κ2) is 10.3. The van der Waals surface area contributed by atoms with Crippen LogP contribution in [0, 0.1) is 12.3 Å². The molecule has 1 heterocycles. The smallest absolute Gasteiger partial charge is 0.279 e. The number of amides is 1. The molecule has 0 fully saturated rings. The van der Waals surface area contributed by atoms with Crippen LogP contribution in [0.1, 0.15) is 15.9 Å². The van der Waals surface area contributed by atoms with Crippen molar-refractivity contribution >= 4 is 37.5 Å². The van der Waals surface area contributed by atoms with Gasteiger partial charge in [0.25, 0.3) is 5.91 Å². The number of fused-ring (bicyclic) bond motifs is 1. The molecule has 0 aliphatic rings. The first-order valence-electron chi connectivity index (χ1n) is 10.6. The van der Waals surface area contributed by atoms with E-state index in [9.17, 15) is 13.2 Å². The molecular formula is C26H23N3O4S2. The summed E-state index contributed by atoms with van der Waals surface area (Å²) in [5.74, 6) is 2.73. The van der Waals surface area contributed by atoms with Gasteiger partial charge in [-0.25, -0.2) is 8.42 Å². The van der Waals surface area contributed by atoms with Crippen LogP contribution in [0.25, 0.3) is 10.2 Å². The van der Waals surface area contributed by atoms with Gasteiger partial charge in [0.2, 0.25) is 10.0 Å². The van der Waals surface area contributed by atoms with Gasteiger partial charge in [-0.05, 0) is 42.0 Å². The number of aromatic nitrogens is 1. The average Bonchev–Trinajstić information content (AvgIpc) is 3.21. The monoisotopic (exact) mass is 505 g/mol. The van der Waals surface area contributed by atoms with Gasteiger partial charge in [0.15, 0.2) is 4.80 Å². The van der Waals surface area contributed by atoms with E-state index in [1.54, 1.807) is 11.7 Å². The first-order valence-corrected chi connectivity index (χ1v) is 12.9. The molecule has 3 aromatic carbocycles. The fourth-order valence-electron chi connectivity index (χ4n) is 3.61. The van der Waals surface area contributed by atoms with E-state index in [0.29, 0.717) is 10.6 Å². The topological polar surface area (TPSA) is 81.0 Å². The van der Waals surface area contributed by atoms with Crippen molar-refractivity contribution in [1.82, 2.24) is 8.87 Å². The number of terminal acetylenes is 1. The molecule has 4 aromatic rings. The molecule has 35 heavy (non-hydrogen) atoms. The summed E-state index contributed by atoms with van der Waals surface area (Å²) >= 11 is 1.33. The van der Waals surface area contributed by atoms with Gasteiger partial charge in [-0.3, -0.25) is 4.79 Å². The highest BCUT2D eigenvalue weighted by molar-refractivity contribution is 7.89. The molecule has 9 heteroatoms. The van der Waals surface area contributed by atoms with Gasteiger partial charge in [0.05, 0.1) is 23.2 Å². The average molecular weight is 506 g/mol. The largest absolute Gasteiger partial charge is 0.495 e. The van der Waals surface area contributed by atoms with Gasteiger partial charge in [0, 0.05) is 19.2 Å². The lowest BCUT2D eigenvalue weighted by molar-refractivity contribution is 0.0997. The second-order valence-electron chi connectivity index (χ2n) is 7.67. The van der Waals surface area contributed by atoms with Crippen molar-refractivity contribution in [3.8, 4) is 18.1 Å². The zero-order valence-electron chi connectivity index (χ0n) is 19.2. The Labute approximate surface area is 208 Å². The molecule has 0 aliphatic carbocycles. The standard InChI is InChI=1S/C26H23N3O4S2/c1-4-17-29-24-22(33-3)11-8-12-23(24)34-26(29)27-25(30)20-13-15-21(16-14-20)35(31,32)28(2)18-19-9-6-5-7-10-19/h1,5-16H,17-18H2,2-3H3. The lowest BCUT2D eigenvalue weighted by Crippen LogP contribution is -2.26. The summed E-state index contributed by atoms with van der Waals surface area (Å²) < 4.78 is 35.3. The Hall–Kier alpha value is -3.71. The van der Waals surface area contributed by atoms with E-state index in [1.165, 1.54) is 47.0 Å². The van der Waals surface area contributed by atoms with Gasteiger partial charge in [-0.15, -0.1) is 6.42 Å². The van der Waals surface area contributed by atoms with Gasteiger partial charge in [-0.1, -0.05) is 53.7 Å². The van der Waals surface area contributed by atoms with Crippen LogP contribution in [0.15, 0.2) is 82.7 Å². The molecule has 1 amide bonds. The number of carbonyl (C=O) groups excluding carboxylic acids is 1. The third-order valence-electron chi connectivity index (χ3n) is 5.39. The van der Waals surface area contributed by atoms with Crippen molar-refractivity contribution in [3.63, 3.8) is 0 Å². The van der Waals surface area contributed by atoms with E-state index in [-0.39, 0.29) is 23.5 Å². The molecule has 4 rings (SSSR count). The van der Waals surface area contributed by atoms with E-state index in [1.807, 2.05) is 48.5 Å². The number of thiazole rings is 1. The molecule has 0 N–H and O–H groups in total. The van der Waals surface area contributed by atoms with Crippen molar-refractivity contribution in [2.45, 2.75) is 18.0 Å². The Morgan fingerprint density at radius 3 is 2.46 bits per heavy atom. The highest BCUT2D eigenvalue weighted by atomic mass is 32.2. The van der Waals surface area contributed by atoms with Gasteiger partial charge in [0.1, 0.15) is 11.3 Å². The second-order valence-corrected chi connectivity index (χ2v) is 10.7. The summed E-state index contributed by atoms with van der Waals surface area (Å²) in [6, 6.07) is 20.7. The highest BCUT2D eigenvalue weighted by Crippen LogP contribution is 2.27. The van der Waals surface area contributed by atoms with Crippen molar-refractivity contribution in [2.75, 3.05) is 14.2 Å². The van der Waals surface area contributed by atoms with Crippen LogP contribution >= 0.6 is 11.3 Å². The minimum Gasteiger partial charge on any atom is -0.495 e. The first-order chi connectivity index (χ1) is 16.8. The van der Waals surface area contributed by atoms with Crippen LogP contribution in [0.4, 0.5) is 0 Å². The van der Waals surface area contributed by atoms with Crippen LogP contribution in [-0.4, -0.2) is 37.4 Å². The number of ether oxygens (including phenoxy) is 1. The fraction of sp³-hybridized carbons (Fsp3) is 0.154. The van der Waals surface area contributed by atoms with E-state index in [2.05, 4.69) is 10.9 Å². The van der Waals surface area contributed by atoms with Gasteiger partial charge in [-0.2, -0.15) is 9.30 Å². The Balaban J connectivity index is 1.63. The zero-order valence-corrected chi connectivity index (χ0v) is 20.8. The SMILES string of the molecule is C#CCn1c(=NC(=O)c2ccc(S(=O)(=O)N(C)Cc3ccccc3)cc2)sc2cccc(OC)c21. The lowest BCUT2D eigenvalue weighted by Gasteiger charge is -2.17. The summed E-state index contributed by atoms with van der Waals surface area (Å²) in [6.07, 6.45) is 5.55. The molecule has 0 saturated carbocycles. The summed E-state index contributed by atoms with van der Waals surface area (Å²) in [6.45, 7) is 0.460. The van der Waals surface area contributed by atoms with Crippen LogP contribution in [-0.2, 0) is 23.1 Å². The van der Waals surface area contributed by atoms with Crippen LogP contribution in [0.5, 0.6) is 5.75 Å². The number of rotatable bonds is 7. The molecule has 0 aliphatic heterocycles. The van der Waals surface area contributed by atoms with Crippen LogP contribution < -0.4 is 9.54 Å². The number of nitrogens with zero attached hydrogens (tertiary/aromatic N) is 3. The van der Waals surface area contributed by atoms with Gasteiger partial charge >= 0.3 is 0 Å². The molecule has 0 radical (unpaired) electrons. The number of sulfonamides is 1. The normalized spacial score (nSPS) is 12.1. The van der Waals surface area contributed by atoms with E-state index >= 15 is 0 Å². The zero-order chi connectivity index (χ0) is 25.0. The predicted molar refractivity (Wildman–Crippen MR) is 137 cm³/mol. The minimum absolute atomic E-state index is 0.0986. The molecule has 0 bridgehead atoms. The third kappa shape index (κ3) is 5.05. The third-order valence-corrected chi connectivity index (χ3v) is 8.25. The van der Waals surface area contributed by atoms with Crippen molar-refractivity contribution in [3.05, 3.63) is 88.7 Å². The maximum absolute atomic E-state index is 13.0.